The molecule has 0 aliphatic heterocycles. The first kappa shape index (κ1) is 11.6. The highest BCUT2D eigenvalue weighted by Crippen LogP contribution is 2.38. The van der Waals surface area contributed by atoms with Gasteiger partial charge in [0.2, 0.25) is 11.9 Å². The molecule has 1 aromatic rings. The van der Waals surface area contributed by atoms with Crippen molar-refractivity contribution >= 4 is 11.9 Å². The second-order valence-electron chi connectivity index (χ2n) is 4.46. The fourth-order valence-electron chi connectivity index (χ4n) is 2.21. The van der Waals surface area contributed by atoms with E-state index in [4.69, 9.17) is 0 Å². The number of rotatable bonds is 2. The summed E-state index contributed by atoms with van der Waals surface area (Å²) in [5.74, 6) is 0.738. The Kier molecular flexibility index (Phi) is 2.84. The molecule has 0 radical (unpaired) electrons. The molecule has 1 aliphatic carbocycles. The largest absolute Gasteiger partial charge is 0.293 e. The maximum Gasteiger partial charge on any atom is 0.247 e. The molecule has 6 nitrogen and oxygen atoms in total. The molecule has 0 bridgehead atoms. The van der Waals surface area contributed by atoms with E-state index in [1.54, 1.807) is 14.0 Å². The van der Waals surface area contributed by atoms with Crippen LogP contribution in [0.3, 0.4) is 0 Å². The van der Waals surface area contributed by atoms with Crippen LogP contribution >= 0.6 is 0 Å². The van der Waals surface area contributed by atoms with Gasteiger partial charge in [-0.15, -0.1) is 0 Å². The van der Waals surface area contributed by atoms with Gasteiger partial charge in [0.25, 0.3) is 0 Å². The van der Waals surface area contributed by atoms with Crippen molar-refractivity contribution in [1.29, 1.82) is 5.26 Å². The first-order valence-corrected chi connectivity index (χ1v) is 5.68. The molecular weight excluding hydrogens is 218 g/mol. The predicted molar refractivity (Wildman–Crippen MR) is 60.9 cm³/mol. The fraction of sp³-hybridized carbons (Fsp3) is 0.636. The van der Waals surface area contributed by atoms with E-state index >= 15 is 0 Å². The highest BCUT2D eigenvalue weighted by molar-refractivity contribution is 5.96. The van der Waals surface area contributed by atoms with Crippen LogP contribution in [-0.2, 0) is 11.8 Å². The number of hydrogen-bond donors (Lipinski definition) is 1. The summed E-state index contributed by atoms with van der Waals surface area (Å²) in [6, 6.07) is 2.15. The van der Waals surface area contributed by atoms with Gasteiger partial charge in [0.1, 0.15) is 11.2 Å². The molecule has 0 aromatic carbocycles. The summed E-state index contributed by atoms with van der Waals surface area (Å²) in [6.45, 7) is 1.76. The Labute approximate surface area is 99.6 Å². The van der Waals surface area contributed by atoms with Crippen LogP contribution in [0.2, 0.25) is 0 Å². The number of carbonyl (C=O) groups is 1. The number of nitrogens with one attached hydrogen (secondary N) is 1. The van der Waals surface area contributed by atoms with Gasteiger partial charge in [0.05, 0.1) is 6.07 Å². The number of nitriles is 1. The maximum absolute atomic E-state index is 12.1. The quantitative estimate of drug-likeness (QED) is 0.830. The first-order valence-electron chi connectivity index (χ1n) is 5.68. The van der Waals surface area contributed by atoms with Crippen LogP contribution in [-0.4, -0.2) is 20.7 Å². The number of anilines is 1. The summed E-state index contributed by atoms with van der Waals surface area (Å²) in [4.78, 5) is 16.2. The Morgan fingerprint density at radius 3 is 2.65 bits per heavy atom. The third-order valence-corrected chi connectivity index (χ3v) is 3.20. The van der Waals surface area contributed by atoms with Crippen LogP contribution < -0.4 is 5.32 Å². The van der Waals surface area contributed by atoms with Crippen LogP contribution in [0, 0.1) is 23.7 Å². The van der Waals surface area contributed by atoms with Crippen molar-refractivity contribution in [1.82, 2.24) is 14.8 Å². The Morgan fingerprint density at radius 1 is 1.53 bits per heavy atom. The highest BCUT2D eigenvalue weighted by Gasteiger charge is 2.41. The van der Waals surface area contributed by atoms with Crippen LogP contribution in [0.4, 0.5) is 5.95 Å². The number of hydrogen-bond acceptors (Lipinski definition) is 4. The van der Waals surface area contributed by atoms with Crippen LogP contribution in [0.25, 0.3) is 0 Å². The standard InChI is InChI=1S/C11H15N5O/c1-8-13-10(16(2)15-8)14-9(17)11(7-12)5-3-4-6-11/h3-6H2,1-2H3,(H,13,14,15,17). The Bertz CT molecular complexity index is 479. The van der Waals surface area contributed by atoms with Crippen molar-refractivity contribution in [3.05, 3.63) is 5.82 Å². The highest BCUT2D eigenvalue weighted by atomic mass is 16.2. The number of aryl methyl sites for hydroxylation is 2. The molecule has 90 valence electrons. The molecule has 6 heteroatoms. The normalized spacial score (nSPS) is 17.7. The minimum atomic E-state index is -0.875. The molecule has 1 N–H and O–H groups in total. The molecule has 0 spiro atoms. The van der Waals surface area contributed by atoms with Crippen molar-refractivity contribution in [2.45, 2.75) is 32.6 Å². The molecule has 1 heterocycles. The van der Waals surface area contributed by atoms with Crippen molar-refractivity contribution < 1.29 is 4.79 Å². The summed E-state index contributed by atoms with van der Waals surface area (Å²) in [5, 5.41) is 15.9. The zero-order valence-electron chi connectivity index (χ0n) is 10.0. The van der Waals surface area contributed by atoms with Gasteiger partial charge in [-0.3, -0.25) is 10.1 Å². The molecule has 1 fully saturated rings. The van der Waals surface area contributed by atoms with Gasteiger partial charge in [-0.2, -0.15) is 15.3 Å². The lowest BCUT2D eigenvalue weighted by Crippen LogP contribution is -2.33. The summed E-state index contributed by atoms with van der Waals surface area (Å²) in [7, 11) is 1.71. The van der Waals surface area contributed by atoms with Crippen molar-refractivity contribution in [3.63, 3.8) is 0 Å². The zero-order chi connectivity index (χ0) is 12.5. The van der Waals surface area contributed by atoms with Crippen LogP contribution in [0.1, 0.15) is 31.5 Å². The number of amides is 1. The van der Waals surface area contributed by atoms with Crippen LogP contribution in [0.5, 0.6) is 0 Å². The first-order chi connectivity index (χ1) is 8.07. The Morgan fingerprint density at radius 2 is 2.18 bits per heavy atom. The van der Waals surface area contributed by atoms with Crippen LogP contribution in [0.15, 0.2) is 0 Å². The molecule has 2 rings (SSSR count). The Balaban J connectivity index is 2.17. The van der Waals surface area contributed by atoms with E-state index in [1.165, 1.54) is 4.68 Å². The van der Waals surface area contributed by atoms with Crippen molar-refractivity contribution in [3.8, 4) is 6.07 Å². The fourth-order valence-corrected chi connectivity index (χ4v) is 2.21. The van der Waals surface area contributed by atoms with Crippen molar-refractivity contribution in [2.24, 2.45) is 12.5 Å². The smallest absolute Gasteiger partial charge is 0.247 e. The van der Waals surface area contributed by atoms with Gasteiger partial charge in [-0.05, 0) is 19.8 Å². The second-order valence-corrected chi connectivity index (χ2v) is 4.46. The van der Waals surface area contributed by atoms with E-state index in [0.29, 0.717) is 24.6 Å². The minimum absolute atomic E-state index is 0.256. The van der Waals surface area contributed by atoms with E-state index in [2.05, 4.69) is 21.5 Å². The summed E-state index contributed by atoms with van der Waals surface area (Å²) in [5.41, 5.74) is -0.875. The van der Waals surface area contributed by atoms with Gasteiger partial charge in [-0.1, -0.05) is 12.8 Å². The molecule has 0 saturated heterocycles. The molecule has 1 aliphatic rings. The Hall–Kier alpha value is -1.90. The number of aromatic nitrogens is 3. The van der Waals surface area contributed by atoms with E-state index in [1.807, 2.05) is 0 Å². The lowest BCUT2D eigenvalue weighted by Gasteiger charge is -2.18. The SMILES string of the molecule is Cc1nc(NC(=O)C2(C#N)CCCC2)n(C)n1. The predicted octanol–water partition coefficient (Wildman–Crippen LogP) is 1.15. The molecule has 1 aromatic heterocycles. The zero-order valence-corrected chi connectivity index (χ0v) is 10.0. The van der Waals surface area contributed by atoms with Gasteiger partial charge in [-0.25, -0.2) is 4.68 Å². The molecule has 0 unspecified atom stereocenters. The average molecular weight is 233 g/mol. The summed E-state index contributed by atoms with van der Waals surface area (Å²) < 4.78 is 1.51. The van der Waals surface area contributed by atoms with Gasteiger partial charge in [0, 0.05) is 7.05 Å². The molecule has 17 heavy (non-hydrogen) atoms. The summed E-state index contributed by atoms with van der Waals surface area (Å²) >= 11 is 0. The molecule has 1 amide bonds. The van der Waals surface area contributed by atoms with Gasteiger partial charge in [0.15, 0.2) is 0 Å². The number of nitrogens with zero attached hydrogens (tertiary/aromatic N) is 4. The lowest BCUT2D eigenvalue weighted by atomic mass is 9.87. The third kappa shape index (κ3) is 2.00. The minimum Gasteiger partial charge on any atom is -0.293 e. The third-order valence-electron chi connectivity index (χ3n) is 3.20. The van der Waals surface area contributed by atoms with Gasteiger partial charge >= 0.3 is 0 Å². The van der Waals surface area contributed by atoms with E-state index in [9.17, 15) is 10.1 Å². The molecular formula is C11H15N5O. The summed E-state index contributed by atoms with van der Waals surface area (Å²) in [6.07, 6.45) is 3.12. The monoisotopic (exact) mass is 233 g/mol. The maximum atomic E-state index is 12.1. The second kappa shape index (κ2) is 4.17. The van der Waals surface area contributed by atoms with E-state index in [-0.39, 0.29) is 5.91 Å². The van der Waals surface area contributed by atoms with Crippen molar-refractivity contribution in [2.75, 3.05) is 5.32 Å². The average Bonchev–Trinajstić information content (AvgIpc) is 2.87. The topological polar surface area (TPSA) is 83.6 Å². The van der Waals surface area contributed by atoms with E-state index in [0.717, 1.165) is 12.8 Å². The van der Waals surface area contributed by atoms with E-state index < -0.39 is 5.41 Å². The molecule has 1 saturated carbocycles. The van der Waals surface area contributed by atoms with Gasteiger partial charge < -0.3 is 0 Å². The number of carbonyl (C=O) groups excluding carboxylic acids is 1. The molecule has 0 atom stereocenters. The lowest BCUT2D eigenvalue weighted by molar-refractivity contribution is -0.122.